The molecule has 1 aliphatic heterocycles. The van der Waals surface area contributed by atoms with E-state index in [-0.39, 0.29) is 11.8 Å². The lowest BCUT2D eigenvalue weighted by atomic mass is 9.96. The smallest absolute Gasteiger partial charge is 0.185 e. The van der Waals surface area contributed by atoms with Gasteiger partial charge in [-0.05, 0) is 23.6 Å². The van der Waals surface area contributed by atoms with Crippen LogP contribution >= 0.6 is 0 Å². The molecule has 1 aromatic rings. The summed E-state index contributed by atoms with van der Waals surface area (Å²) in [7, 11) is 1.59. The average Bonchev–Trinajstić information content (AvgIpc) is 2.46. The number of carbonyl (C=O) groups excluding carboxylic acids is 1. The van der Waals surface area contributed by atoms with Gasteiger partial charge >= 0.3 is 0 Å². The molecule has 1 saturated heterocycles. The fraction of sp³-hybridized carbons (Fsp3) is 0.533. The first kappa shape index (κ1) is 14.0. The van der Waals surface area contributed by atoms with Crippen LogP contribution < -0.4 is 10.1 Å². The second kappa shape index (κ2) is 6.17. The first-order chi connectivity index (χ1) is 9.13. The highest BCUT2D eigenvalue weighted by Crippen LogP contribution is 2.25. The Morgan fingerprint density at radius 1 is 1.47 bits per heavy atom. The molecule has 4 nitrogen and oxygen atoms in total. The zero-order valence-electron chi connectivity index (χ0n) is 11.7. The number of Topliss-reactive ketones (excluding diaryl/α,β-unsaturated/α-hetero) is 1. The first-order valence-corrected chi connectivity index (χ1v) is 6.66. The molecule has 1 heterocycles. The van der Waals surface area contributed by atoms with E-state index in [0.29, 0.717) is 37.0 Å². The molecule has 0 amide bonds. The lowest BCUT2D eigenvalue weighted by molar-refractivity contribution is 0.0605. The highest BCUT2D eigenvalue weighted by molar-refractivity contribution is 6.02. The third kappa shape index (κ3) is 3.14. The Hall–Kier alpha value is -1.39. The van der Waals surface area contributed by atoms with Crippen molar-refractivity contribution in [1.29, 1.82) is 0 Å². The van der Waals surface area contributed by atoms with Crippen molar-refractivity contribution in [2.45, 2.75) is 25.8 Å². The van der Waals surface area contributed by atoms with Crippen LogP contribution in [-0.2, 0) is 4.74 Å². The van der Waals surface area contributed by atoms with E-state index in [1.54, 1.807) is 7.11 Å². The molecule has 0 radical (unpaired) electrons. The number of morpholine rings is 1. The van der Waals surface area contributed by atoms with Gasteiger partial charge in [0.2, 0.25) is 0 Å². The summed E-state index contributed by atoms with van der Waals surface area (Å²) in [6.07, 6.45) is 0. The molecule has 0 bridgehead atoms. The molecule has 1 atom stereocenters. The summed E-state index contributed by atoms with van der Waals surface area (Å²) >= 11 is 0. The molecule has 1 N–H and O–H groups in total. The molecule has 0 saturated carbocycles. The Bertz CT molecular complexity index is 451. The Labute approximate surface area is 114 Å². The Morgan fingerprint density at radius 3 is 2.84 bits per heavy atom. The fourth-order valence-corrected chi connectivity index (χ4v) is 2.20. The number of hydrogen-bond donors (Lipinski definition) is 1. The van der Waals surface area contributed by atoms with Gasteiger partial charge in [-0.2, -0.15) is 0 Å². The van der Waals surface area contributed by atoms with E-state index in [9.17, 15) is 4.79 Å². The molecule has 19 heavy (non-hydrogen) atoms. The molecule has 104 valence electrons. The van der Waals surface area contributed by atoms with E-state index >= 15 is 0 Å². The van der Waals surface area contributed by atoms with Crippen molar-refractivity contribution in [3.8, 4) is 5.75 Å². The molecular weight excluding hydrogens is 242 g/mol. The fourth-order valence-electron chi connectivity index (χ4n) is 2.20. The van der Waals surface area contributed by atoms with Gasteiger partial charge in [0.25, 0.3) is 0 Å². The van der Waals surface area contributed by atoms with Crippen LogP contribution in [0.1, 0.15) is 35.7 Å². The third-order valence-corrected chi connectivity index (χ3v) is 3.39. The van der Waals surface area contributed by atoms with Crippen LogP contribution in [0.5, 0.6) is 5.75 Å². The van der Waals surface area contributed by atoms with Crippen LogP contribution in [0.4, 0.5) is 0 Å². The van der Waals surface area contributed by atoms with Crippen LogP contribution in [0.15, 0.2) is 18.2 Å². The van der Waals surface area contributed by atoms with Crippen LogP contribution in [-0.4, -0.2) is 38.7 Å². The average molecular weight is 263 g/mol. The van der Waals surface area contributed by atoms with Gasteiger partial charge in [0, 0.05) is 6.54 Å². The summed E-state index contributed by atoms with van der Waals surface area (Å²) in [5, 5.41) is 3.19. The summed E-state index contributed by atoms with van der Waals surface area (Å²) in [4.78, 5) is 12.5. The minimum absolute atomic E-state index is 0.0408. The van der Waals surface area contributed by atoms with Crippen LogP contribution in [0, 0.1) is 0 Å². The Balaban J connectivity index is 2.29. The third-order valence-electron chi connectivity index (χ3n) is 3.39. The minimum Gasteiger partial charge on any atom is -0.496 e. The predicted molar refractivity (Wildman–Crippen MR) is 74.0 cm³/mol. The first-order valence-electron chi connectivity index (χ1n) is 6.66. The maximum absolute atomic E-state index is 12.5. The van der Waals surface area contributed by atoms with Gasteiger partial charge in [-0.25, -0.2) is 0 Å². The normalized spacial score (nSPS) is 19.5. The second-order valence-corrected chi connectivity index (χ2v) is 5.06. The molecule has 2 rings (SSSR count). The van der Waals surface area contributed by atoms with Crippen LogP contribution in [0.3, 0.4) is 0 Å². The number of methoxy groups -OCH3 is 1. The standard InChI is InChI=1S/C15H21NO3/c1-10(2)11-4-5-14(18-3)12(8-11)15(17)13-9-19-7-6-16-13/h4-5,8,10,13,16H,6-7,9H2,1-3H3. The van der Waals surface area contributed by atoms with Crippen molar-refractivity contribution in [2.24, 2.45) is 0 Å². The monoisotopic (exact) mass is 263 g/mol. The van der Waals surface area contributed by atoms with Crippen molar-refractivity contribution in [1.82, 2.24) is 5.32 Å². The minimum atomic E-state index is -0.273. The summed E-state index contributed by atoms with van der Waals surface area (Å²) in [5.74, 6) is 1.05. The van der Waals surface area contributed by atoms with Gasteiger partial charge in [0.1, 0.15) is 5.75 Å². The summed E-state index contributed by atoms with van der Waals surface area (Å²) < 4.78 is 10.7. The molecule has 0 aliphatic carbocycles. The van der Waals surface area contributed by atoms with E-state index < -0.39 is 0 Å². The lowest BCUT2D eigenvalue weighted by Gasteiger charge is -2.23. The van der Waals surface area contributed by atoms with Crippen molar-refractivity contribution >= 4 is 5.78 Å². The second-order valence-electron chi connectivity index (χ2n) is 5.06. The SMILES string of the molecule is COc1ccc(C(C)C)cc1C(=O)C1COCCN1. The van der Waals surface area contributed by atoms with Gasteiger partial charge < -0.3 is 14.8 Å². The topological polar surface area (TPSA) is 47.6 Å². The van der Waals surface area contributed by atoms with Gasteiger partial charge in [0.15, 0.2) is 5.78 Å². The van der Waals surface area contributed by atoms with Crippen molar-refractivity contribution in [3.05, 3.63) is 29.3 Å². The predicted octanol–water partition coefficient (Wildman–Crippen LogP) is 1.99. The zero-order chi connectivity index (χ0) is 13.8. The highest BCUT2D eigenvalue weighted by atomic mass is 16.5. The number of ether oxygens (including phenoxy) is 2. The largest absolute Gasteiger partial charge is 0.496 e. The summed E-state index contributed by atoms with van der Waals surface area (Å²) in [6.45, 7) is 6.01. The molecule has 1 fully saturated rings. The highest BCUT2D eigenvalue weighted by Gasteiger charge is 2.25. The van der Waals surface area contributed by atoms with E-state index in [1.165, 1.54) is 0 Å². The number of ketones is 1. The number of nitrogens with one attached hydrogen (secondary N) is 1. The van der Waals surface area contributed by atoms with Crippen LogP contribution in [0.25, 0.3) is 0 Å². The van der Waals surface area contributed by atoms with E-state index in [4.69, 9.17) is 9.47 Å². The number of carbonyl (C=O) groups is 1. The molecule has 1 unspecified atom stereocenters. The quantitative estimate of drug-likeness (QED) is 0.844. The van der Waals surface area contributed by atoms with Gasteiger partial charge in [-0.3, -0.25) is 4.79 Å². The maximum Gasteiger partial charge on any atom is 0.185 e. The molecule has 4 heteroatoms. The zero-order valence-corrected chi connectivity index (χ0v) is 11.7. The van der Waals surface area contributed by atoms with Crippen molar-refractivity contribution < 1.29 is 14.3 Å². The molecule has 1 aliphatic rings. The molecule has 0 spiro atoms. The number of benzene rings is 1. The summed E-state index contributed by atoms with van der Waals surface area (Å²) in [6, 6.07) is 5.53. The summed E-state index contributed by atoms with van der Waals surface area (Å²) in [5.41, 5.74) is 1.78. The van der Waals surface area contributed by atoms with Gasteiger partial charge in [-0.1, -0.05) is 19.9 Å². The lowest BCUT2D eigenvalue weighted by Crippen LogP contribution is -2.46. The van der Waals surface area contributed by atoms with E-state index in [2.05, 4.69) is 19.2 Å². The Kier molecular flexibility index (Phi) is 4.56. The maximum atomic E-state index is 12.5. The molecule has 1 aromatic carbocycles. The van der Waals surface area contributed by atoms with Crippen LogP contribution in [0.2, 0.25) is 0 Å². The van der Waals surface area contributed by atoms with Crippen molar-refractivity contribution in [3.63, 3.8) is 0 Å². The van der Waals surface area contributed by atoms with Crippen molar-refractivity contribution in [2.75, 3.05) is 26.9 Å². The Morgan fingerprint density at radius 2 is 2.26 bits per heavy atom. The molecular formula is C15H21NO3. The van der Waals surface area contributed by atoms with E-state index in [0.717, 1.165) is 5.56 Å². The van der Waals surface area contributed by atoms with Gasteiger partial charge in [-0.15, -0.1) is 0 Å². The van der Waals surface area contributed by atoms with E-state index in [1.807, 2.05) is 18.2 Å². The molecule has 0 aromatic heterocycles. The number of rotatable bonds is 4. The number of hydrogen-bond acceptors (Lipinski definition) is 4. The van der Waals surface area contributed by atoms with Gasteiger partial charge in [0.05, 0.1) is 31.9 Å².